The van der Waals surface area contributed by atoms with Gasteiger partial charge in [-0.1, -0.05) is 41.9 Å². The number of hydrogen-bond donors (Lipinski definition) is 1. The molecule has 2 heterocycles. The Morgan fingerprint density at radius 3 is 2.65 bits per heavy atom. The van der Waals surface area contributed by atoms with Crippen molar-refractivity contribution >= 4 is 17.0 Å². The first kappa shape index (κ1) is 16.8. The molecule has 1 N–H and O–H groups in total. The molecule has 1 amide bonds. The van der Waals surface area contributed by atoms with E-state index in [1.807, 2.05) is 13.0 Å². The van der Waals surface area contributed by atoms with Crippen LogP contribution >= 0.6 is 0 Å². The number of rotatable bonds is 5. The molecule has 0 bridgehead atoms. The van der Waals surface area contributed by atoms with Gasteiger partial charge in [0, 0.05) is 11.6 Å². The van der Waals surface area contributed by atoms with Crippen molar-refractivity contribution in [2.75, 3.05) is 0 Å². The van der Waals surface area contributed by atoms with Crippen LogP contribution in [0.25, 0.3) is 11.1 Å². The Balaban J connectivity index is 1.68. The van der Waals surface area contributed by atoms with Gasteiger partial charge in [-0.3, -0.25) is 4.79 Å². The van der Waals surface area contributed by atoms with Crippen LogP contribution in [0, 0.1) is 13.8 Å². The topological polar surface area (TPSA) is 68.0 Å². The summed E-state index contributed by atoms with van der Waals surface area (Å²) >= 11 is 0. The van der Waals surface area contributed by atoms with Gasteiger partial charge in [0.15, 0.2) is 0 Å². The molecule has 1 aliphatic carbocycles. The molecule has 1 atom stereocenters. The highest BCUT2D eigenvalue weighted by Crippen LogP contribution is 2.40. The van der Waals surface area contributed by atoms with E-state index in [1.54, 1.807) is 0 Å². The number of aryl methyl sites for hydroxylation is 2. The predicted molar refractivity (Wildman–Crippen MR) is 100 cm³/mol. The van der Waals surface area contributed by atoms with E-state index in [0.717, 1.165) is 30.5 Å². The summed E-state index contributed by atoms with van der Waals surface area (Å²) in [6.07, 6.45) is 3.06. The molecule has 134 valence electrons. The number of nitrogens with zero attached hydrogens (tertiary/aromatic N) is 2. The number of hydrogen-bond acceptors (Lipinski definition) is 4. The minimum Gasteiger partial charge on any atom is -0.345 e. The zero-order chi connectivity index (χ0) is 18.3. The number of benzene rings is 1. The van der Waals surface area contributed by atoms with Crippen LogP contribution in [0.5, 0.6) is 0 Å². The van der Waals surface area contributed by atoms with Crippen molar-refractivity contribution in [3.8, 4) is 0 Å². The van der Waals surface area contributed by atoms with E-state index in [9.17, 15) is 4.79 Å². The molecule has 0 radical (unpaired) electrons. The summed E-state index contributed by atoms with van der Waals surface area (Å²) in [6, 6.07) is 10.2. The zero-order valence-electron chi connectivity index (χ0n) is 15.4. The summed E-state index contributed by atoms with van der Waals surface area (Å²) in [5.74, 6) is 0.341. The van der Waals surface area contributed by atoms with Gasteiger partial charge in [0.1, 0.15) is 0 Å². The van der Waals surface area contributed by atoms with E-state index < -0.39 is 0 Å². The molecule has 26 heavy (non-hydrogen) atoms. The molecule has 4 rings (SSSR count). The summed E-state index contributed by atoms with van der Waals surface area (Å²) in [5.41, 5.74) is 5.02. The standard InChI is InChI=1S/C21H23N3O2/c1-4-17(14-7-5-12(2)6-8-14)22-20(25)16-11-18(15-9-10-15)23-21-19(16)13(3)24-26-21/h5-8,11,15,17H,4,9-10H2,1-3H3,(H,22,25)/t17-/m0/s1. The Kier molecular flexibility index (Phi) is 4.23. The molecule has 5 heteroatoms. The Morgan fingerprint density at radius 1 is 1.27 bits per heavy atom. The Bertz CT molecular complexity index is 955. The lowest BCUT2D eigenvalue weighted by Crippen LogP contribution is -2.28. The molecule has 1 fully saturated rings. The van der Waals surface area contributed by atoms with Gasteiger partial charge in [-0.15, -0.1) is 0 Å². The maximum atomic E-state index is 13.1. The highest BCUT2D eigenvalue weighted by atomic mass is 16.5. The number of carbonyl (C=O) groups is 1. The van der Waals surface area contributed by atoms with Crippen LogP contribution in [-0.2, 0) is 0 Å². The second-order valence-electron chi connectivity index (χ2n) is 7.16. The van der Waals surface area contributed by atoms with Crippen molar-refractivity contribution in [1.29, 1.82) is 0 Å². The van der Waals surface area contributed by atoms with Crippen molar-refractivity contribution < 1.29 is 9.32 Å². The third-order valence-corrected chi connectivity index (χ3v) is 5.07. The number of fused-ring (bicyclic) bond motifs is 1. The van der Waals surface area contributed by atoms with Gasteiger partial charge in [-0.25, -0.2) is 4.98 Å². The molecule has 0 unspecified atom stereocenters. The van der Waals surface area contributed by atoms with E-state index in [4.69, 9.17) is 4.52 Å². The molecule has 0 saturated heterocycles. The van der Waals surface area contributed by atoms with Crippen molar-refractivity contribution in [3.05, 3.63) is 58.4 Å². The molecule has 1 saturated carbocycles. The summed E-state index contributed by atoms with van der Waals surface area (Å²) in [4.78, 5) is 17.7. The molecule has 3 aromatic rings. The summed E-state index contributed by atoms with van der Waals surface area (Å²) in [6.45, 7) is 5.98. The fourth-order valence-electron chi connectivity index (χ4n) is 3.34. The molecule has 0 aliphatic heterocycles. The fraction of sp³-hybridized carbons (Fsp3) is 0.381. The molecule has 1 aliphatic rings. The van der Waals surface area contributed by atoms with E-state index in [2.05, 4.69) is 53.6 Å². The highest BCUT2D eigenvalue weighted by molar-refractivity contribution is 6.06. The number of amides is 1. The number of aromatic nitrogens is 2. The molecular formula is C21H23N3O2. The summed E-state index contributed by atoms with van der Waals surface area (Å²) in [7, 11) is 0. The maximum absolute atomic E-state index is 13.1. The van der Waals surface area contributed by atoms with Gasteiger partial charge in [0.2, 0.25) is 0 Å². The number of carbonyl (C=O) groups excluding carboxylic acids is 1. The quantitative estimate of drug-likeness (QED) is 0.731. The molecule has 0 spiro atoms. The third kappa shape index (κ3) is 3.09. The van der Waals surface area contributed by atoms with Crippen molar-refractivity contribution in [1.82, 2.24) is 15.5 Å². The van der Waals surface area contributed by atoms with Gasteiger partial charge >= 0.3 is 0 Å². The largest absolute Gasteiger partial charge is 0.345 e. The zero-order valence-corrected chi connectivity index (χ0v) is 15.4. The second kappa shape index (κ2) is 6.56. The van der Waals surface area contributed by atoms with E-state index in [1.165, 1.54) is 5.56 Å². The number of pyridine rings is 1. The maximum Gasteiger partial charge on any atom is 0.259 e. The van der Waals surface area contributed by atoms with Crippen molar-refractivity contribution in [3.63, 3.8) is 0 Å². The van der Waals surface area contributed by atoms with Gasteiger partial charge < -0.3 is 9.84 Å². The third-order valence-electron chi connectivity index (χ3n) is 5.07. The van der Waals surface area contributed by atoms with Gasteiger partial charge in [-0.05, 0) is 44.7 Å². The van der Waals surface area contributed by atoms with E-state index in [0.29, 0.717) is 28.3 Å². The van der Waals surface area contributed by atoms with E-state index in [-0.39, 0.29) is 11.9 Å². The number of nitrogens with one attached hydrogen (secondary N) is 1. The molecular weight excluding hydrogens is 326 g/mol. The van der Waals surface area contributed by atoms with E-state index >= 15 is 0 Å². The van der Waals surface area contributed by atoms with Crippen LogP contribution in [-0.4, -0.2) is 16.0 Å². The summed E-state index contributed by atoms with van der Waals surface area (Å²) < 4.78 is 5.35. The van der Waals surface area contributed by atoms with Crippen LogP contribution in [0.3, 0.4) is 0 Å². The van der Waals surface area contributed by atoms with Gasteiger partial charge in [-0.2, -0.15) is 0 Å². The average molecular weight is 349 g/mol. The fourth-order valence-corrected chi connectivity index (χ4v) is 3.34. The first-order chi connectivity index (χ1) is 12.6. The summed E-state index contributed by atoms with van der Waals surface area (Å²) in [5, 5.41) is 7.90. The molecule has 1 aromatic carbocycles. The second-order valence-corrected chi connectivity index (χ2v) is 7.16. The van der Waals surface area contributed by atoms with Crippen LogP contribution in [0.4, 0.5) is 0 Å². The first-order valence-electron chi connectivity index (χ1n) is 9.21. The Morgan fingerprint density at radius 2 is 2.00 bits per heavy atom. The lowest BCUT2D eigenvalue weighted by atomic mass is 10.0. The minimum atomic E-state index is -0.0991. The first-order valence-corrected chi connectivity index (χ1v) is 9.21. The minimum absolute atomic E-state index is 0.0316. The van der Waals surface area contributed by atoms with Crippen LogP contribution in [0.15, 0.2) is 34.9 Å². The Labute approximate surface area is 152 Å². The smallest absolute Gasteiger partial charge is 0.259 e. The van der Waals surface area contributed by atoms with Gasteiger partial charge in [0.05, 0.1) is 22.7 Å². The van der Waals surface area contributed by atoms with Gasteiger partial charge in [0.25, 0.3) is 11.6 Å². The van der Waals surface area contributed by atoms with Crippen molar-refractivity contribution in [2.45, 2.75) is 52.0 Å². The SMILES string of the molecule is CC[C@H](NC(=O)c1cc(C2CC2)nc2onc(C)c12)c1ccc(C)cc1. The highest BCUT2D eigenvalue weighted by Gasteiger charge is 2.29. The lowest BCUT2D eigenvalue weighted by molar-refractivity contribution is 0.0937. The monoisotopic (exact) mass is 349 g/mol. The normalized spacial score (nSPS) is 15.2. The molecule has 2 aromatic heterocycles. The van der Waals surface area contributed by atoms with Crippen LogP contribution in [0.1, 0.15) is 71.0 Å². The van der Waals surface area contributed by atoms with Crippen LogP contribution in [0.2, 0.25) is 0 Å². The Hall–Kier alpha value is -2.69. The molecule has 5 nitrogen and oxygen atoms in total. The van der Waals surface area contributed by atoms with Crippen molar-refractivity contribution in [2.24, 2.45) is 0 Å². The lowest BCUT2D eigenvalue weighted by Gasteiger charge is -2.18. The predicted octanol–water partition coefficient (Wildman–Crippen LogP) is 4.60. The average Bonchev–Trinajstić information content (AvgIpc) is 3.43. The van der Waals surface area contributed by atoms with Crippen LogP contribution < -0.4 is 5.32 Å².